The minimum absolute atomic E-state index is 0.739. The maximum absolute atomic E-state index is 4.53. The van der Waals surface area contributed by atoms with Crippen molar-refractivity contribution >= 4 is 10.9 Å². The summed E-state index contributed by atoms with van der Waals surface area (Å²) in [5.41, 5.74) is 2.52. The number of pyridine rings is 1. The van der Waals surface area contributed by atoms with Crippen LogP contribution >= 0.6 is 0 Å². The van der Waals surface area contributed by atoms with Crippen molar-refractivity contribution in [1.29, 1.82) is 0 Å². The maximum atomic E-state index is 4.53. The molecule has 1 aliphatic carbocycles. The van der Waals surface area contributed by atoms with Gasteiger partial charge < -0.3 is 5.32 Å². The molecule has 1 N–H and O–H groups in total. The van der Waals surface area contributed by atoms with E-state index >= 15 is 0 Å². The minimum Gasteiger partial charge on any atom is -0.313 e. The second-order valence-corrected chi connectivity index (χ2v) is 5.90. The molecule has 0 radical (unpaired) electrons. The van der Waals surface area contributed by atoms with Crippen LogP contribution in [0.1, 0.15) is 38.2 Å². The van der Waals surface area contributed by atoms with Gasteiger partial charge in [-0.2, -0.15) is 0 Å². The summed E-state index contributed by atoms with van der Waals surface area (Å²) in [6, 6.07) is 11.4. The largest absolute Gasteiger partial charge is 0.313 e. The predicted octanol–water partition coefficient (Wildman–Crippen LogP) is 3.95. The fourth-order valence-electron chi connectivity index (χ4n) is 3.56. The van der Waals surface area contributed by atoms with E-state index in [4.69, 9.17) is 0 Å². The van der Waals surface area contributed by atoms with Crippen LogP contribution in [0.3, 0.4) is 0 Å². The number of para-hydroxylation sites is 1. The zero-order valence-electron chi connectivity index (χ0n) is 12.3. The molecule has 2 atom stereocenters. The topological polar surface area (TPSA) is 24.9 Å². The lowest BCUT2D eigenvalue weighted by molar-refractivity contribution is 0.393. The van der Waals surface area contributed by atoms with E-state index in [1.807, 2.05) is 12.3 Å². The van der Waals surface area contributed by atoms with Crippen LogP contribution in [0.25, 0.3) is 10.9 Å². The van der Waals surface area contributed by atoms with Crippen LogP contribution in [-0.4, -0.2) is 17.6 Å². The Balaban J connectivity index is 1.63. The SMILES string of the molecule is CCC1CCCC1NCCc1cccc2cccnc12. The minimum atomic E-state index is 0.739. The Bertz CT molecular complexity index is 559. The highest BCUT2D eigenvalue weighted by Crippen LogP contribution is 2.28. The van der Waals surface area contributed by atoms with Crippen molar-refractivity contribution in [2.45, 2.75) is 45.1 Å². The number of aromatic nitrogens is 1. The van der Waals surface area contributed by atoms with Gasteiger partial charge >= 0.3 is 0 Å². The molecule has 20 heavy (non-hydrogen) atoms. The first-order valence-corrected chi connectivity index (χ1v) is 7.94. The standard InChI is InChI=1S/C18H24N2/c1-2-14-6-4-10-17(14)19-13-11-16-8-3-7-15-9-5-12-20-18(15)16/h3,5,7-9,12,14,17,19H,2,4,6,10-11,13H2,1H3. The molecule has 2 heteroatoms. The second kappa shape index (κ2) is 6.36. The van der Waals surface area contributed by atoms with Crippen LogP contribution in [0.5, 0.6) is 0 Å². The van der Waals surface area contributed by atoms with Gasteiger partial charge in [0.1, 0.15) is 0 Å². The summed E-state index contributed by atoms with van der Waals surface area (Å²) in [5, 5.41) is 5.02. The molecule has 106 valence electrons. The normalized spacial score (nSPS) is 22.4. The lowest BCUT2D eigenvalue weighted by Crippen LogP contribution is -2.33. The molecule has 1 heterocycles. The Labute approximate surface area is 121 Å². The van der Waals surface area contributed by atoms with Crippen LogP contribution in [0.2, 0.25) is 0 Å². The molecule has 1 aromatic heterocycles. The number of hydrogen-bond acceptors (Lipinski definition) is 2. The molecule has 1 fully saturated rings. The lowest BCUT2D eigenvalue weighted by Gasteiger charge is -2.19. The van der Waals surface area contributed by atoms with Crippen molar-refractivity contribution in [3.63, 3.8) is 0 Å². The number of hydrogen-bond donors (Lipinski definition) is 1. The summed E-state index contributed by atoms with van der Waals surface area (Å²) < 4.78 is 0. The highest BCUT2D eigenvalue weighted by molar-refractivity contribution is 5.81. The Morgan fingerprint density at radius 1 is 1.20 bits per heavy atom. The van der Waals surface area contributed by atoms with Gasteiger partial charge in [-0.1, -0.05) is 44.0 Å². The zero-order chi connectivity index (χ0) is 13.8. The average Bonchev–Trinajstić information content (AvgIpc) is 2.95. The van der Waals surface area contributed by atoms with E-state index < -0.39 is 0 Å². The quantitative estimate of drug-likeness (QED) is 0.888. The van der Waals surface area contributed by atoms with Crippen molar-refractivity contribution in [2.75, 3.05) is 6.54 Å². The lowest BCUT2D eigenvalue weighted by atomic mass is 10.0. The first-order chi connectivity index (χ1) is 9.88. The summed E-state index contributed by atoms with van der Waals surface area (Å²) in [4.78, 5) is 4.53. The van der Waals surface area contributed by atoms with Crippen LogP contribution in [-0.2, 0) is 6.42 Å². The molecule has 2 unspecified atom stereocenters. The van der Waals surface area contributed by atoms with Gasteiger partial charge in [0.25, 0.3) is 0 Å². The molecule has 0 spiro atoms. The van der Waals surface area contributed by atoms with Crippen molar-refractivity contribution in [3.8, 4) is 0 Å². The molecule has 3 rings (SSSR count). The van der Waals surface area contributed by atoms with Crippen LogP contribution < -0.4 is 5.32 Å². The monoisotopic (exact) mass is 268 g/mol. The van der Waals surface area contributed by atoms with E-state index in [1.54, 1.807) is 0 Å². The number of rotatable bonds is 5. The highest BCUT2D eigenvalue weighted by atomic mass is 14.9. The van der Waals surface area contributed by atoms with Gasteiger partial charge in [0.2, 0.25) is 0 Å². The summed E-state index contributed by atoms with van der Waals surface area (Å²) in [6.45, 7) is 3.39. The van der Waals surface area contributed by atoms with E-state index in [0.717, 1.165) is 30.4 Å². The Morgan fingerprint density at radius 3 is 3.00 bits per heavy atom. The van der Waals surface area contributed by atoms with E-state index in [9.17, 15) is 0 Å². The van der Waals surface area contributed by atoms with Crippen molar-refractivity contribution in [2.24, 2.45) is 5.92 Å². The molecule has 1 aliphatic rings. The number of nitrogens with one attached hydrogen (secondary N) is 1. The van der Waals surface area contributed by atoms with Crippen molar-refractivity contribution < 1.29 is 0 Å². The molecular formula is C18H24N2. The molecule has 1 aromatic carbocycles. The zero-order valence-corrected chi connectivity index (χ0v) is 12.3. The van der Waals surface area contributed by atoms with Crippen LogP contribution in [0.4, 0.5) is 0 Å². The first kappa shape index (κ1) is 13.6. The molecule has 0 bridgehead atoms. The highest BCUT2D eigenvalue weighted by Gasteiger charge is 2.24. The average molecular weight is 268 g/mol. The van der Waals surface area contributed by atoms with E-state index in [2.05, 4.69) is 41.5 Å². The third kappa shape index (κ3) is 2.85. The van der Waals surface area contributed by atoms with E-state index in [1.165, 1.54) is 36.6 Å². The molecule has 2 nitrogen and oxygen atoms in total. The summed E-state index contributed by atoms with van der Waals surface area (Å²) in [5.74, 6) is 0.889. The third-order valence-electron chi connectivity index (χ3n) is 4.70. The molecule has 0 saturated heterocycles. The number of nitrogens with zero attached hydrogens (tertiary/aromatic N) is 1. The maximum Gasteiger partial charge on any atom is 0.0734 e. The fraction of sp³-hybridized carbons (Fsp3) is 0.500. The van der Waals surface area contributed by atoms with Crippen LogP contribution in [0, 0.1) is 5.92 Å². The second-order valence-electron chi connectivity index (χ2n) is 5.90. The van der Waals surface area contributed by atoms with Crippen molar-refractivity contribution in [3.05, 3.63) is 42.1 Å². The summed E-state index contributed by atoms with van der Waals surface area (Å²) in [6.07, 6.45) is 8.43. The van der Waals surface area contributed by atoms with Gasteiger partial charge in [-0.05, 0) is 43.4 Å². The van der Waals surface area contributed by atoms with E-state index in [0.29, 0.717) is 0 Å². The Hall–Kier alpha value is -1.41. The van der Waals surface area contributed by atoms with Gasteiger partial charge in [0.15, 0.2) is 0 Å². The summed E-state index contributed by atoms with van der Waals surface area (Å²) >= 11 is 0. The third-order valence-corrected chi connectivity index (χ3v) is 4.70. The van der Waals surface area contributed by atoms with Gasteiger partial charge in [0, 0.05) is 17.6 Å². The van der Waals surface area contributed by atoms with Gasteiger partial charge in [-0.25, -0.2) is 0 Å². The first-order valence-electron chi connectivity index (χ1n) is 7.94. The fourth-order valence-corrected chi connectivity index (χ4v) is 3.56. The Morgan fingerprint density at radius 2 is 2.10 bits per heavy atom. The smallest absolute Gasteiger partial charge is 0.0734 e. The molecule has 1 saturated carbocycles. The molecular weight excluding hydrogens is 244 g/mol. The van der Waals surface area contributed by atoms with Crippen LogP contribution in [0.15, 0.2) is 36.5 Å². The molecule has 0 amide bonds. The molecule has 0 aliphatic heterocycles. The van der Waals surface area contributed by atoms with Crippen molar-refractivity contribution in [1.82, 2.24) is 10.3 Å². The predicted molar refractivity (Wildman–Crippen MR) is 84.9 cm³/mol. The molecule has 2 aromatic rings. The van der Waals surface area contributed by atoms with Gasteiger partial charge in [0.05, 0.1) is 5.52 Å². The number of benzene rings is 1. The Kier molecular flexibility index (Phi) is 4.31. The van der Waals surface area contributed by atoms with E-state index in [-0.39, 0.29) is 0 Å². The summed E-state index contributed by atoms with van der Waals surface area (Å²) in [7, 11) is 0. The number of fused-ring (bicyclic) bond motifs is 1. The van der Waals surface area contributed by atoms with Gasteiger partial charge in [-0.15, -0.1) is 0 Å². The van der Waals surface area contributed by atoms with Gasteiger partial charge in [-0.3, -0.25) is 4.98 Å².